The molecule has 6 fully saturated rings. The number of aliphatic hydroxyl groups is 4. The van der Waals surface area contributed by atoms with Gasteiger partial charge >= 0.3 is 0 Å². The first-order valence-corrected chi connectivity index (χ1v) is 17.3. The van der Waals surface area contributed by atoms with Crippen LogP contribution in [0.5, 0.6) is 0 Å². The van der Waals surface area contributed by atoms with E-state index in [-0.39, 0.29) is 11.5 Å². The van der Waals surface area contributed by atoms with Gasteiger partial charge in [-0.2, -0.15) is 0 Å². The molecule has 6 nitrogen and oxygen atoms in total. The van der Waals surface area contributed by atoms with Crippen LogP contribution in [0.15, 0.2) is 12.2 Å². The van der Waals surface area contributed by atoms with Crippen molar-refractivity contribution in [3.8, 4) is 0 Å². The molecule has 1 aliphatic heterocycles. The summed E-state index contributed by atoms with van der Waals surface area (Å²) in [4.78, 5) is 0. The highest BCUT2D eigenvalue weighted by Gasteiger charge is 2.82. The van der Waals surface area contributed by atoms with Gasteiger partial charge in [0.05, 0.1) is 12.7 Å². The van der Waals surface area contributed by atoms with Crippen LogP contribution in [0.3, 0.4) is 0 Å². The Balaban J connectivity index is 1.18. The van der Waals surface area contributed by atoms with Crippen LogP contribution in [0.4, 0.5) is 0 Å². The molecule has 42 heavy (non-hydrogen) atoms. The summed E-state index contributed by atoms with van der Waals surface area (Å²) in [7, 11) is 0. The Hall–Kier alpha value is -0.500. The van der Waals surface area contributed by atoms with Crippen LogP contribution in [0.2, 0.25) is 0 Å². The summed E-state index contributed by atoms with van der Waals surface area (Å²) in [5.41, 5.74) is 2.99. The second kappa shape index (κ2) is 10.5. The summed E-state index contributed by atoms with van der Waals surface area (Å²) in [6.07, 6.45) is 8.83. The molecule has 5 saturated carbocycles. The fraction of sp³-hybridized carbons (Fsp3) is 0.944. The largest absolute Gasteiger partial charge is 0.394 e. The smallest absolute Gasteiger partial charge is 0.186 e. The molecule has 0 aromatic carbocycles. The van der Waals surface area contributed by atoms with Crippen molar-refractivity contribution >= 4 is 0 Å². The van der Waals surface area contributed by atoms with Crippen LogP contribution in [-0.2, 0) is 9.47 Å². The minimum Gasteiger partial charge on any atom is -0.394 e. The molecular formula is C36H60O6. The van der Waals surface area contributed by atoms with E-state index >= 15 is 0 Å². The Kier molecular flexibility index (Phi) is 7.89. The fourth-order valence-corrected chi connectivity index (χ4v) is 12.5. The van der Waals surface area contributed by atoms with Gasteiger partial charge in [0.2, 0.25) is 0 Å². The average Bonchev–Trinajstić information content (AvgIpc) is 3.51. The summed E-state index contributed by atoms with van der Waals surface area (Å²) >= 11 is 0. The summed E-state index contributed by atoms with van der Waals surface area (Å²) in [5, 5.41) is 40.9. The molecule has 0 unspecified atom stereocenters. The van der Waals surface area contributed by atoms with Crippen LogP contribution in [0.25, 0.3) is 0 Å². The Bertz CT molecular complexity index is 1040. The molecule has 13 atom stereocenters. The molecule has 1 heterocycles. The summed E-state index contributed by atoms with van der Waals surface area (Å²) < 4.78 is 12.3. The van der Waals surface area contributed by atoms with E-state index < -0.39 is 37.3 Å². The molecule has 4 N–H and O–H groups in total. The van der Waals surface area contributed by atoms with E-state index in [0.717, 1.165) is 24.7 Å². The van der Waals surface area contributed by atoms with Gasteiger partial charge in [-0.15, -0.1) is 0 Å². The molecule has 0 aromatic heterocycles. The lowest BCUT2D eigenvalue weighted by Crippen LogP contribution is -2.62. The molecule has 0 amide bonds. The monoisotopic (exact) mass is 588 g/mol. The second-order valence-corrected chi connectivity index (χ2v) is 17.2. The van der Waals surface area contributed by atoms with Crippen molar-refractivity contribution in [1.29, 1.82) is 0 Å². The normalized spacial score (nSPS) is 52.7. The van der Waals surface area contributed by atoms with Gasteiger partial charge in [0.25, 0.3) is 0 Å². The third-order valence-corrected chi connectivity index (χ3v) is 15.0. The number of ether oxygens (including phenoxy) is 2. The predicted octanol–water partition coefficient (Wildman–Crippen LogP) is 5.99. The first-order valence-electron chi connectivity index (χ1n) is 17.3. The zero-order valence-electron chi connectivity index (χ0n) is 27.3. The van der Waals surface area contributed by atoms with E-state index in [4.69, 9.17) is 16.1 Å². The number of allylic oxidation sites excluding steroid dienone is 1. The first kappa shape index (κ1) is 31.5. The maximum absolute atomic E-state index is 10.7. The number of rotatable bonds is 8. The topological polar surface area (TPSA) is 99.4 Å². The minimum atomic E-state index is -1.40. The van der Waals surface area contributed by atoms with Crippen molar-refractivity contribution in [2.45, 2.75) is 155 Å². The maximum Gasteiger partial charge on any atom is 0.186 e. The van der Waals surface area contributed by atoms with Crippen molar-refractivity contribution in [3.63, 3.8) is 0 Å². The van der Waals surface area contributed by atoms with Gasteiger partial charge < -0.3 is 29.9 Å². The molecule has 6 heteroatoms. The van der Waals surface area contributed by atoms with Crippen molar-refractivity contribution < 1.29 is 29.9 Å². The number of hydrogen-bond donors (Lipinski definition) is 4. The first-order chi connectivity index (χ1) is 19.7. The van der Waals surface area contributed by atoms with Crippen LogP contribution in [0.1, 0.15) is 119 Å². The van der Waals surface area contributed by atoms with Crippen LogP contribution in [0, 0.1) is 50.7 Å². The Morgan fingerprint density at radius 1 is 0.857 bits per heavy atom. The van der Waals surface area contributed by atoms with Gasteiger partial charge in [-0.25, -0.2) is 0 Å². The molecule has 0 aromatic rings. The molecule has 0 bridgehead atoms. The maximum atomic E-state index is 10.7. The number of hydrogen-bond acceptors (Lipinski definition) is 6. The van der Waals surface area contributed by atoms with Crippen molar-refractivity contribution in [1.82, 2.24) is 0 Å². The molecule has 6 aliphatic rings. The zero-order valence-corrected chi connectivity index (χ0v) is 27.3. The minimum absolute atomic E-state index is 0.101. The third-order valence-electron chi connectivity index (χ3n) is 15.0. The molecular weight excluding hydrogens is 528 g/mol. The second-order valence-electron chi connectivity index (χ2n) is 17.2. The van der Waals surface area contributed by atoms with E-state index in [1.165, 1.54) is 69.8 Å². The Morgan fingerprint density at radius 3 is 2.24 bits per heavy atom. The van der Waals surface area contributed by atoms with Gasteiger partial charge in [-0.1, -0.05) is 60.1 Å². The average molecular weight is 589 g/mol. The molecule has 6 rings (SSSR count). The lowest BCUT2D eigenvalue weighted by Gasteiger charge is -2.63. The molecule has 1 saturated heterocycles. The highest BCUT2D eigenvalue weighted by molar-refractivity contribution is 5.32. The fourth-order valence-electron chi connectivity index (χ4n) is 12.5. The van der Waals surface area contributed by atoms with E-state index in [1.54, 1.807) is 0 Å². The molecule has 240 valence electrons. The standard InChI is InChI=1S/C36H60O6/c1-21(2)9-8-10-22(3)23-13-15-34(7)26-12-11-25-32(4,5)27(42-31-30(40)29(39)28(38)24(19-37)41-31)14-16-35(25)20-36(26,35)18-17-33(23,34)6/h21,23-31,37-40H,3,8-20H2,1-2,4-7H3/t23-,24-,25+,26+,27+,28-,29+,30-,31+,33-,34+,35-,36+/m1/s1. The van der Waals surface area contributed by atoms with Gasteiger partial charge in [0.15, 0.2) is 6.29 Å². The van der Waals surface area contributed by atoms with Gasteiger partial charge in [-0.05, 0) is 121 Å². The summed E-state index contributed by atoms with van der Waals surface area (Å²) in [6.45, 7) is 18.9. The van der Waals surface area contributed by atoms with Crippen LogP contribution >= 0.6 is 0 Å². The predicted molar refractivity (Wildman–Crippen MR) is 163 cm³/mol. The Labute approximate surface area is 254 Å². The highest BCUT2D eigenvalue weighted by Crippen LogP contribution is 2.89. The molecule has 2 spiro atoms. The van der Waals surface area contributed by atoms with Crippen molar-refractivity contribution in [2.75, 3.05) is 6.61 Å². The van der Waals surface area contributed by atoms with Crippen molar-refractivity contribution in [2.24, 2.45) is 50.7 Å². The summed E-state index contributed by atoms with van der Waals surface area (Å²) in [5.74, 6) is 2.77. The van der Waals surface area contributed by atoms with E-state index in [2.05, 4.69) is 41.5 Å². The zero-order chi connectivity index (χ0) is 30.5. The van der Waals surface area contributed by atoms with Gasteiger partial charge in [0.1, 0.15) is 24.4 Å². The number of aliphatic hydroxyl groups excluding tert-OH is 4. The van der Waals surface area contributed by atoms with Gasteiger partial charge in [-0.3, -0.25) is 0 Å². The van der Waals surface area contributed by atoms with E-state index in [1.807, 2.05) is 0 Å². The lowest BCUT2D eigenvalue weighted by molar-refractivity contribution is -0.326. The van der Waals surface area contributed by atoms with Gasteiger partial charge in [0, 0.05) is 0 Å². The highest BCUT2D eigenvalue weighted by atomic mass is 16.7. The molecule has 5 aliphatic carbocycles. The van der Waals surface area contributed by atoms with E-state index in [0.29, 0.717) is 33.5 Å². The molecule has 0 radical (unpaired) electrons. The SMILES string of the molecule is C=C(CCCC(C)C)[C@H]1CC[C@@]2(C)[C@@H]3CC[C@H]4C(C)(C)[C@@H](O[C@@H]5O[C@H](CO)[C@@H](O)[C@H](O)[C@H]5O)CC[C@@]45C[C@@]35CC[C@]12C. The quantitative estimate of drug-likeness (QED) is 0.205. The van der Waals surface area contributed by atoms with Crippen LogP contribution < -0.4 is 0 Å². The Morgan fingerprint density at radius 2 is 1.55 bits per heavy atom. The summed E-state index contributed by atoms with van der Waals surface area (Å²) in [6, 6.07) is 0. The van der Waals surface area contributed by atoms with E-state index in [9.17, 15) is 20.4 Å². The lowest BCUT2D eigenvalue weighted by atomic mass is 9.42. The number of fused-ring (bicyclic) bond motifs is 2. The van der Waals surface area contributed by atoms with Crippen LogP contribution in [-0.4, -0.2) is 63.8 Å². The third kappa shape index (κ3) is 4.24. The van der Waals surface area contributed by atoms with Crippen molar-refractivity contribution in [3.05, 3.63) is 12.2 Å².